The first kappa shape index (κ1) is 23.1. The predicted octanol–water partition coefficient (Wildman–Crippen LogP) is 2.83. The van der Waals surface area contributed by atoms with Crippen molar-refractivity contribution in [3.63, 3.8) is 0 Å². The van der Waals surface area contributed by atoms with Gasteiger partial charge in [0.15, 0.2) is 0 Å². The predicted molar refractivity (Wildman–Crippen MR) is 108 cm³/mol. The SMILES string of the molecule is CCOC(=O)c1cc(C(C)C)sc1NC(=O)CN(CC)CC(=O)NC(C)C. The molecule has 152 valence electrons. The largest absolute Gasteiger partial charge is 0.462 e. The highest BCUT2D eigenvalue weighted by molar-refractivity contribution is 7.16. The van der Waals surface area contributed by atoms with Crippen LogP contribution in [0.3, 0.4) is 0 Å². The van der Waals surface area contributed by atoms with E-state index in [2.05, 4.69) is 10.6 Å². The fourth-order valence-corrected chi connectivity index (χ4v) is 3.43. The molecule has 0 aliphatic rings. The van der Waals surface area contributed by atoms with Crippen LogP contribution in [-0.2, 0) is 14.3 Å². The van der Waals surface area contributed by atoms with Crippen molar-refractivity contribution in [3.05, 3.63) is 16.5 Å². The Kier molecular flexibility index (Phi) is 9.45. The lowest BCUT2D eigenvalue weighted by molar-refractivity contribution is -0.123. The molecule has 2 N–H and O–H groups in total. The van der Waals surface area contributed by atoms with Crippen LogP contribution in [0.25, 0.3) is 0 Å². The van der Waals surface area contributed by atoms with Crippen molar-refractivity contribution in [3.8, 4) is 0 Å². The second-order valence-corrected chi connectivity index (χ2v) is 7.92. The average Bonchev–Trinajstić information content (AvgIpc) is 2.97. The second-order valence-electron chi connectivity index (χ2n) is 6.84. The van der Waals surface area contributed by atoms with E-state index in [-0.39, 0.29) is 43.5 Å². The van der Waals surface area contributed by atoms with Gasteiger partial charge in [0, 0.05) is 10.9 Å². The minimum Gasteiger partial charge on any atom is -0.462 e. The number of nitrogens with zero attached hydrogens (tertiary/aromatic N) is 1. The van der Waals surface area contributed by atoms with Crippen LogP contribution in [0.5, 0.6) is 0 Å². The van der Waals surface area contributed by atoms with Gasteiger partial charge in [0.25, 0.3) is 0 Å². The Labute approximate surface area is 165 Å². The molecule has 0 atom stereocenters. The van der Waals surface area contributed by atoms with Gasteiger partial charge in [-0.3, -0.25) is 14.5 Å². The molecule has 0 aromatic carbocycles. The molecule has 0 aliphatic carbocycles. The quantitative estimate of drug-likeness (QED) is 0.593. The van der Waals surface area contributed by atoms with E-state index < -0.39 is 5.97 Å². The van der Waals surface area contributed by atoms with Crippen molar-refractivity contribution in [2.24, 2.45) is 0 Å². The lowest BCUT2D eigenvalue weighted by Crippen LogP contribution is -2.42. The van der Waals surface area contributed by atoms with Crippen molar-refractivity contribution in [2.45, 2.75) is 53.5 Å². The summed E-state index contributed by atoms with van der Waals surface area (Å²) in [5.41, 5.74) is 0.375. The topological polar surface area (TPSA) is 87.7 Å². The van der Waals surface area contributed by atoms with Crippen LogP contribution in [0.15, 0.2) is 6.07 Å². The van der Waals surface area contributed by atoms with Gasteiger partial charge in [-0.25, -0.2) is 4.79 Å². The van der Waals surface area contributed by atoms with Crippen molar-refractivity contribution in [1.82, 2.24) is 10.2 Å². The normalized spacial score (nSPS) is 11.1. The number of amides is 2. The minimum atomic E-state index is -0.445. The molecule has 1 heterocycles. The highest BCUT2D eigenvalue weighted by atomic mass is 32.1. The standard InChI is InChI=1S/C19H31N3O4S/c1-7-22(10-16(23)20-13(5)6)11-17(24)21-18-14(19(25)26-8-2)9-15(27-18)12(3)4/h9,12-13H,7-8,10-11H2,1-6H3,(H,20,23)(H,21,24). The third kappa shape index (κ3) is 7.68. The molecule has 1 aromatic heterocycles. The monoisotopic (exact) mass is 397 g/mol. The number of hydrogen-bond donors (Lipinski definition) is 2. The van der Waals surface area contributed by atoms with Crippen LogP contribution < -0.4 is 10.6 Å². The number of ether oxygens (including phenoxy) is 1. The Bertz CT molecular complexity index is 655. The number of rotatable bonds is 10. The molecule has 1 rings (SSSR count). The van der Waals surface area contributed by atoms with Crippen molar-refractivity contribution in [1.29, 1.82) is 0 Å². The first-order valence-corrected chi connectivity index (χ1v) is 10.1. The first-order chi connectivity index (χ1) is 12.7. The lowest BCUT2D eigenvalue weighted by atomic mass is 10.1. The molecule has 0 spiro atoms. The van der Waals surface area contributed by atoms with Crippen molar-refractivity contribution in [2.75, 3.05) is 31.6 Å². The Morgan fingerprint density at radius 3 is 2.26 bits per heavy atom. The molecule has 0 saturated heterocycles. The summed E-state index contributed by atoms with van der Waals surface area (Å²) < 4.78 is 5.09. The maximum absolute atomic E-state index is 12.5. The molecule has 27 heavy (non-hydrogen) atoms. The number of thiophene rings is 1. The summed E-state index contributed by atoms with van der Waals surface area (Å²) in [6.07, 6.45) is 0. The van der Waals surface area contributed by atoms with E-state index >= 15 is 0 Å². The molecule has 8 heteroatoms. The van der Waals surface area contributed by atoms with Crippen LogP contribution in [0.2, 0.25) is 0 Å². The number of carbonyl (C=O) groups is 3. The zero-order chi connectivity index (χ0) is 20.6. The van der Waals surface area contributed by atoms with Gasteiger partial charge >= 0.3 is 5.97 Å². The lowest BCUT2D eigenvalue weighted by Gasteiger charge is -2.20. The third-order valence-corrected chi connectivity index (χ3v) is 5.05. The Balaban J connectivity index is 2.82. The van der Waals surface area contributed by atoms with Gasteiger partial charge in [-0.2, -0.15) is 0 Å². The van der Waals surface area contributed by atoms with E-state index in [4.69, 9.17) is 4.74 Å². The van der Waals surface area contributed by atoms with E-state index in [1.165, 1.54) is 11.3 Å². The van der Waals surface area contributed by atoms with E-state index in [1.807, 2.05) is 34.6 Å². The maximum atomic E-state index is 12.5. The van der Waals surface area contributed by atoms with E-state index in [0.29, 0.717) is 17.1 Å². The molecule has 0 bridgehead atoms. The van der Waals surface area contributed by atoms with Gasteiger partial charge in [0.05, 0.1) is 25.3 Å². The number of anilines is 1. The molecule has 0 saturated carbocycles. The molecule has 0 fully saturated rings. The number of carbonyl (C=O) groups excluding carboxylic acids is 3. The van der Waals surface area contributed by atoms with E-state index in [0.717, 1.165) is 4.88 Å². The summed E-state index contributed by atoms with van der Waals surface area (Å²) in [7, 11) is 0. The second kappa shape index (κ2) is 11.0. The first-order valence-electron chi connectivity index (χ1n) is 9.30. The van der Waals surface area contributed by atoms with Crippen molar-refractivity contribution >= 4 is 34.1 Å². The van der Waals surface area contributed by atoms with Gasteiger partial charge in [-0.1, -0.05) is 20.8 Å². The molecular formula is C19H31N3O4S. The summed E-state index contributed by atoms with van der Waals surface area (Å²) in [5, 5.41) is 6.11. The maximum Gasteiger partial charge on any atom is 0.341 e. The summed E-state index contributed by atoms with van der Waals surface area (Å²) >= 11 is 1.38. The number of hydrogen-bond acceptors (Lipinski definition) is 6. The zero-order valence-electron chi connectivity index (χ0n) is 17.0. The summed E-state index contributed by atoms with van der Waals surface area (Å²) in [5.74, 6) is -0.595. The Morgan fingerprint density at radius 2 is 1.74 bits per heavy atom. The van der Waals surface area contributed by atoms with Gasteiger partial charge in [0.1, 0.15) is 5.00 Å². The van der Waals surface area contributed by atoms with Crippen molar-refractivity contribution < 1.29 is 19.1 Å². The third-order valence-electron chi connectivity index (χ3n) is 3.70. The highest BCUT2D eigenvalue weighted by Gasteiger charge is 2.21. The fourth-order valence-electron chi connectivity index (χ4n) is 2.37. The van der Waals surface area contributed by atoms with Crippen LogP contribution in [0.1, 0.15) is 62.7 Å². The summed E-state index contributed by atoms with van der Waals surface area (Å²) in [6, 6.07) is 1.83. The number of likely N-dealkylation sites (N-methyl/N-ethyl adjacent to an activating group) is 1. The summed E-state index contributed by atoms with van der Waals surface area (Å²) in [6.45, 7) is 12.5. The molecule has 1 aromatic rings. The molecular weight excluding hydrogens is 366 g/mol. The molecule has 2 amide bonds. The van der Waals surface area contributed by atoms with Crippen LogP contribution in [0, 0.1) is 0 Å². The Morgan fingerprint density at radius 1 is 1.11 bits per heavy atom. The van der Waals surface area contributed by atoms with Crippen LogP contribution in [-0.4, -0.2) is 55.0 Å². The summed E-state index contributed by atoms with van der Waals surface area (Å²) in [4.78, 5) is 39.3. The Hall–Kier alpha value is -1.93. The molecule has 0 aliphatic heterocycles. The van der Waals surface area contributed by atoms with Crippen LogP contribution >= 0.6 is 11.3 Å². The molecule has 0 unspecified atom stereocenters. The average molecular weight is 398 g/mol. The van der Waals surface area contributed by atoms with Gasteiger partial charge in [0.2, 0.25) is 11.8 Å². The van der Waals surface area contributed by atoms with Gasteiger partial charge < -0.3 is 15.4 Å². The zero-order valence-corrected chi connectivity index (χ0v) is 17.9. The number of esters is 1. The van der Waals surface area contributed by atoms with E-state index in [1.54, 1.807) is 17.9 Å². The molecule has 0 radical (unpaired) electrons. The highest BCUT2D eigenvalue weighted by Crippen LogP contribution is 2.33. The van der Waals surface area contributed by atoms with Gasteiger partial charge in [-0.15, -0.1) is 11.3 Å². The van der Waals surface area contributed by atoms with E-state index in [9.17, 15) is 14.4 Å². The minimum absolute atomic E-state index is 0.0535. The van der Waals surface area contributed by atoms with Crippen LogP contribution in [0.4, 0.5) is 5.00 Å². The number of nitrogens with one attached hydrogen (secondary N) is 2. The fraction of sp³-hybridized carbons (Fsp3) is 0.632. The smallest absolute Gasteiger partial charge is 0.341 e. The molecule has 7 nitrogen and oxygen atoms in total. The van der Waals surface area contributed by atoms with Gasteiger partial charge in [-0.05, 0) is 39.3 Å².